The van der Waals surface area contributed by atoms with Crippen LogP contribution in [0, 0.1) is 12.3 Å². The summed E-state index contributed by atoms with van der Waals surface area (Å²) in [5.74, 6) is 3.81. The smallest absolute Gasteiger partial charge is 0.247 e. The minimum atomic E-state index is -2.06. The molecule has 19 heavy (non-hydrogen) atoms. The van der Waals surface area contributed by atoms with Crippen molar-refractivity contribution in [3.63, 3.8) is 0 Å². The van der Waals surface area contributed by atoms with Gasteiger partial charge in [-0.1, -0.05) is 17.3 Å². The van der Waals surface area contributed by atoms with Crippen LogP contribution in [0.1, 0.15) is 13.3 Å². The Balaban J connectivity index is 2.21. The van der Waals surface area contributed by atoms with Gasteiger partial charge in [0.1, 0.15) is 6.10 Å². The zero-order chi connectivity index (χ0) is 14.1. The predicted octanol–water partition coefficient (Wildman–Crippen LogP) is 3.88. The van der Waals surface area contributed by atoms with E-state index in [4.69, 9.17) is 27.3 Å². The molecule has 0 saturated carbocycles. The van der Waals surface area contributed by atoms with Gasteiger partial charge in [0, 0.05) is 17.7 Å². The van der Waals surface area contributed by atoms with Crippen molar-refractivity contribution in [2.45, 2.75) is 24.7 Å². The Labute approximate surface area is 132 Å². The fourth-order valence-electron chi connectivity index (χ4n) is 1.93. The Morgan fingerprint density at radius 3 is 2.89 bits per heavy atom. The number of terminal acetylenes is 1. The first-order chi connectivity index (χ1) is 8.90. The van der Waals surface area contributed by atoms with Crippen LogP contribution in [-0.4, -0.2) is 41.9 Å². The highest BCUT2D eigenvalue weighted by Crippen LogP contribution is 2.67. The van der Waals surface area contributed by atoms with Gasteiger partial charge >= 0.3 is 0 Å². The van der Waals surface area contributed by atoms with E-state index in [-0.39, 0.29) is 6.10 Å². The quantitative estimate of drug-likeness (QED) is 0.415. The molecule has 0 amide bonds. The van der Waals surface area contributed by atoms with E-state index in [0.717, 1.165) is 12.2 Å². The molecule has 2 saturated heterocycles. The lowest BCUT2D eigenvalue weighted by Crippen LogP contribution is -2.18. The first-order valence-electron chi connectivity index (χ1n) is 5.91. The van der Waals surface area contributed by atoms with Crippen molar-refractivity contribution >= 4 is 60.9 Å². The SMILES string of the molecule is C#CC1CCP(C)(=S=C(C)C2CSP(=S)(OC)O2)S1. The summed E-state index contributed by atoms with van der Waals surface area (Å²) in [5, 5.41) is -0.645. The Morgan fingerprint density at radius 1 is 1.63 bits per heavy atom. The Kier molecular flexibility index (Phi) is 5.83. The predicted molar refractivity (Wildman–Crippen MR) is 99.2 cm³/mol. The van der Waals surface area contributed by atoms with E-state index in [0.29, 0.717) is 5.25 Å². The molecule has 2 nitrogen and oxygen atoms in total. The zero-order valence-corrected chi connectivity index (χ0v) is 16.3. The van der Waals surface area contributed by atoms with Crippen LogP contribution in [0.15, 0.2) is 0 Å². The summed E-state index contributed by atoms with van der Waals surface area (Å²) in [6.07, 6.45) is 8.09. The first-order valence-corrected chi connectivity index (χ1v) is 15.5. The van der Waals surface area contributed by atoms with Crippen molar-refractivity contribution in [3.05, 3.63) is 0 Å². The molecule has 2 heterocycles. The maximum absolute atomic E-state index is 5.95. The second-order valence-corrected chi connectivity index (χ2v) is 21.7. The standard InChI is InChI=1S/C11H18O2P2S4/c1-5-10-6-7-14(4,19-10)18-9(2)11-8-17-15(16,12-3)13-11/h1,10-11H,6-8H2,2-4H3. The second-order valence-electron chi connectivity index (χ2n) is 4.51. The summed E-state index contributed by atoms with van der Waals surface area (Å²) in [6, 6.07) is 0. The van der Waals surface area contributed by atoms with Gasteiger partial charge in [0.15, 0.2) is 0 Å². The molecule has 2 fully saturated rings. The fourth-order valence-corrected chi connectivity index (χ4v) is 17.1. The number of rotatable bonds is 2. The maximum atomic E-state index is 5.95. The van der Waals surface area contributed by atoms with Gasteiger partial charge in [-0.3, -0.25) is 0 Å². The van der Waals surface area contributed by atoms with Crippen molar-refractivity contribution in [2.75, 3.05) is 25.7 Å². The summed E-state index contributed by atoms with van der Waals surface area (Å²) in [5.41, 5.74) is -2.06. The van der Waals surface area contributed by atoms with Gasteiger partial charge in [0.25, 0.3) is 0 Å². The number of hydrogen-bond donors (Lipinski definition) is 0. The summed E-state index contributed by atoms with van der Waals surface area (Å²) in [6.45, 7) is 4.56. The van der Waals surface area contributed by atoms with Crippen LogP contribution in [0.5, 0.6) is 0 Å². The van der Waals surface area contributed by atoms with E-state index >= 15 is 0 Å². The van der Waals surface area contributed by atoms with Crippen LogP contribution in [0.3, 0.4) is 0 Å². The highest BCUT2D eigenvalue weighted by atomic mass is 32.9. The van der Waals surface area contributed by atoms with Gasteiger partial charge in [-0.15, -0.1) is 28.3 Å². The van der Waals surface area contributed by atoms with Crippen molar-refractivity contribution < 1.29 is 9.05 Å². The van der Waals surface area contributed by atoms with E-state index in [9.17, 15) is 0 Å². The van der Waals surface area contributed by atoms with Crippen LogP contribution < -0.4 is 0 Å². The minimum Gasteiger partial charge on any atom is -0.325 e. The summed E-state index contributed by atoms with van der Waals surface area (Å²) >= 11 is 9.07. The van der Waals surface area contributed by atoms with Crippen LogP contribution in [0.25, 0.3) is 0 Å². The molecule has 0 spiro atoms. The van der Waals surface area contributed by atoms with Crippen LogP contribution in [-0.2, 0) is 31.4 Å². The molecule has 2 aliphatic heterocycles. The molecule has 0 radical (unpaired) electrons. The van der Waals surface area contributed by atoms with E-state index in [1.165, 1.54) is 11.0 Å². The molecule has 4 atom stereocenters. The molecule has 0 aliphatic carbocycles. The number of hydrogen-bond acceptors (Lipinski definition) is 5. The van der Waals surface area contributed by atoms with Gasteiger partial charge in [0.2, 0.25) is 5.69 Å². The van der Waals surface area contributed by atoms with Crippen molar-refractivity contribution in [1.82, 2.24) is 0 Å². The molecule has 2 rings (SSSR count). The molecule has 8 heteroatoms. The normalized spacial score (nSPS) is 42.0. The van der Waals surface area contributed by atoms with Gasteiger partial charge in [-0.05, 0) is 43.2 Å². The second kappa shape index (κ2) is 6.63. The third kappa shape index (κ3) is 4.18. The average Bonchev–Trinajstić information content (AvgIpc) is 2.94. The lowest BCUT2D eigenvalue weighted by molar-refractivity contribution is 0.284. The van der Waals surface area contributed by atoms with Crippen molar-refractivity contribution in [2.24, 2.45) is 0 Å². The lowest BCUT2D eigenvalue weighted by Gasteiger charge is -2.14. The molecule has 0 aromatic carbocycles. The van der Waals surface area contributed by atoms with Gasteiger partial charge in [-0.25, -0.2) is 0 Å². The lowest BCUT2D eigenvalue weighted by atomic mass is 10.3. The van der Waals surface area contributed by atoms with Gasteiger partial charge in [-0.2, -0.15) is 0 Å². The molecular formula is C11H18O2P2S4. The molecule has 0 N–H and O–H groups in total. The van der Waals surface area contributed by atoms with Crippen LogP contribution in [0.2, 0.25) is 0 Å². The van der Waals surface area contributed by atoms with Crippen molar-refractivity contribution in [3.8, 4) is 12.3 Å². The van der Waals surface area contributed by atoms with E-state index < -0.39 is 10.9 Å². The van der Waals surface area contributed by atoms with E-state index in [1.54, 1.807) is 18.5 Å². The molecular weight excluding hydrogens is 354 g/mol. The molecule has 0 aromatic heterocycles. The van der Waals surface area contributed by atoms with E-state index in [2.05, 4.69) is 19.5 Å². The highest BCUT2D eigenvalue weighted by Gasteiger charge is 2.34. The molecule has 4 unspecified atom stereocenters. The fraction of sp³-hybridized carbons (Fsp3) is 0.727. The van der Waals surface area contributed by atoms with Crippen LogP contribution >= 0.6 is 33.7 Å². The van der Waals surface area contributed by atoms with Gasteiger partial charge in [0.05, 0.1) is 5.25 Å². The summed E-state index contributed by atoms with van der Waals surface area (Å²) in [7, 11) is 3.66. The van der Waals surface area contributed by atoms with Crippen LogP contribution in [0.4, 0.5) is 0 Å². The summed E-state index contributed by atoms with van der Waals surface area (Å²) in [4.78, 5) is 1.34. The van der Waals surface area contributed by atoms with Crippen molar-refractivity contribution in [1.29, 1.82) is 0 Å². The Bertz CT molecular complexity index is 547. The first kappa shape index (κ1) is 16.7. The molecule has 0 aromatic rings. The maximum Gasteiger partial charge on any atom is 0.247 e. The third-order valence-corrected chi connectivity index (χ3v) is 18.2. The minimum absolute atomic E-state index is 0.142. The van der Waals surface area contributed by atoms with Gasteiger partial charge < -0.3 is 9.05 Å². The van der Waals surface area contributed by atoms with E-state index in [1.807, 2.05) is 21.9 Å². The third-order valence-electron chi connectivity index (χ3n) is 2.99. The zero-order valence-electron chi connectivity index (χ0n) is 11.2. The molecule has 0 bridgehead atoms. The molecule has 108 valence electrons. The Hall–Kier alpha value is 1.35. The topological polar surface area (TPSA) is 18.5 Å². The highest BCUT2D eigenvalue weighted by molar-refractivity contribution is 8.73. The largest absolute Gasteiger partial charge is 0.325 e. The Morgan fingerprint density at radius 2 is 2.37 bits per heavy atom. The monoisotopic (exact) mass is 372 g/mol. The average molecular weight is 372 g/mol. The summed E-state index contributed by atoms with van der Waals surface area (Å²) < 4.78 is 11.3. The molecule has 2 aliphatic rings.